The zero-order valence-electron chi connectivity index (χ0n) is 23.3. The molecule has 0 atom stereocenters. The van der Waals surface area contributed by atoms with E-state index in [4.69, 9.17) is 0 Å². The Morgan fingerprint density at radius 3 is 2.44 bits per heavy atom. The fourth-order valence-corrected chi connectivity index (χ4v) is 5.15. The van der Waals surface area contributed by atoms with Gasteiger partial charge >= 0.3 is 5.69 Å². The molecule has 2 aromatic carbocycles. The largest absolute Gasteiger partial charge is 0.333 e. The van der Waals surface area contributed by atoms with E-state index in [1.165, 1.54) is 11.1 Å². The highest BCUT2D eigenvalue weighted by Gasteiger charge is 2.23. The molecule has 0 spiro atoms. The Labute approximate surface area is 228 Å². The Bertz CT molecular complexity index is 1620. The zero-order valence-corrected chi connectivity index (χ0v) is 23.3. The molecular formula is C31H35N7O. The molecule has 0 bridgehead atoms. The Morgan fingerprint density at radius 1 is 0.974 bits per heavy atom. The third-order valence-electron chi connectivity index (χ3n) is 7.14. The summed E-state index contributed by atoms with van der Waals surface area (Å²) in [6.07, 6.45) is 8.26. The van der Waals surface area contributed by atoms with E-state index in [1.807, 2.05) is 21.4 Å². The quantitative estimate of drug-likeness (QED) is 0.281. The van der Waals surface area contributed by atoms with Crippen molar-refractivity contribution in [3.8, 4) is 28.2 Å². The lowest BCUT2D eigenvalue weighted by atomic mass is 9.84. The van der Waals surface area contributed by atoms with Crippen LogP contribution in [0.1, 0.15) is 63.4 Å². The Kier molecular flexibility index (Phi) is 7.28. The highest BCUT2D eigenvalue weighted by molar-refractivity contribution is 5.79. The average Bonchev–Trinajstić information content (AvgIpc) is 3.58. The van der Waals surface area contributed by atoms with Crippen LogP contribution >= 0.6 is 0 Å². The van der Waals surface area contributed by atoms with Crippen LogP contribution in [0, 0.1) is 0 Å². The average molecular weight is 522 g/mol. The molecule has 39 heavy (non-hydrogen) atoms. The van der Waals surface area contributed by atoms with Gasteiger partial charge in [0, 0.05) is 35.4 Å². The molecule has 3 heterocycles. The number of hydrogen-bond donors (Lipinski definition) is 1. The predicted molar refractivity (Wildman–Crippen MR) is 154 cm³/mol. The molecule has 5 rings (SSSR count). The van der Waals surface area contributed by atoms with Gasteiger partial charge in [0.05, 0.1) is 12.2 Å². The SMILES string of the molecule is CCCc1cn(-c2c(CC)cccc2C(C)(C)C)c(=O)n1Cc1ccc(-c2cnccc2-c2nnn[nH]2)cc1. The van der Waals surface area contributed by atoms with E-state index in [0.717, 1.165) is 52.9 Å². The van der Waals surface area contributed by atoms with Crippen LogP contribution in [0.4, 0.5) is 0 Å². The van der Waals surface area contributed by atoms with Crippen molar-refractivity contribution in [2.75, 3.05) is 0 Å². The maximum atomic E-state index is 14.0. The fraction of sp³-hybridized carbons (Fsp3) is 0.323. The normalized spacial score (nSPS) is 11.7. The molecule has 1 N–H and O–H groups in total. The van der Waals surface area contributed by atoms with Gasteiger partial charge in [0.1, 0.15) is 0 Å². The molecule has 200 valence electrons. The molecule has 3 aromatic heterocycles. The molecule has 8 nitrogen and oxygen atoms in total. The van der Waals surface area contributed by atoms with E-state index in [0.29, 0.717) is 12.4 Å². The topological polar surface area (TPSA) is 94.3 Å². The summed E-state index contributed by atoms with van der Waals surface area (Å²) in [4.78, 5) is 18.3. The third-order valence-corrected chi connectivity index (χ3v) is 7.14. The van der Waals surface area contributed by atoms with Gasteiger partial charge in [-0.1, -0.05) is 83.5 Å². The minimum Gasteiger partial charge on any atom is -0.292 e. The van der Waals surface area contributed by atoms with E-state index in [1.54, 1.807) is 6.20 Å². The summed E-state index contributed by atoms with van der Waals surface area (Å²) >= 11 is 0. The maximum absolute atomic E-state index is 14.0. The Morgan fingerprint density at radius 2 is 1.77 bits per heavy atom. The van der Waals surface area contributed by atoms with Crippen molar-refractivity contribution in [1.82, 2.24) is 34.7 Å². The maximum Gasteiger partial charge on any atom is 0.333 e. The van der Waals surface area contributed by atoms with Crippen LogP contribution in [0.15, 0.2) is 71.9 Å². The Balaban J connectivity index is 1.53. The third kappa shape index (κ3) is 5.19. The van der Waals surface area contributed by atoms with Crippen molar-refractivity contribution in [3.63, 3.8) is 0 Å². The van der Waals surface area contributed by atoms with Crippen molar-refractivity contribution >= 4 is 0 Å². The van der Waals surface area contributed by atoms with E-state index >= 15 is 0 Å². The summed E-state index contributed by atoms with van der Waals surface area (Å²) < 4.78 is 3.80. The van der Waals surface area contributed by atoms with Crippen LogP contribution in [-0.2, 0) is 24.8 Å². The molecule has 0 amide bonds. The molecule has 5 aromatic rings. The van der Waals surface area contributed by atoms with Crippen molar-refractivity contribution in [2.45, 2.75) is 65.8 Å². The highest BCUT2D eigenvalue weighted by atomic mass is 16.1. The van der Waals surface area contributed by atoms with Crippen LogP contribution in [0.3, 0.4) is 0 Å². The van der Waals surface area contributed by atoms with Crippen molar-refractivity contribution in [3.05, 3.63) is 100.0 Å². The summed E-state index contributed by atoms with van der Waals surface area (Å²) in [5.74, 6) is 0.593. The lowest BCUT2D eigenvalue weighted by Crippen LogP contribution is -2.27. The lowest BCUT2D eigenvalue weighted by Gasteiger charge is -2.25. The number of benzene rings is 2. The molecule has 0 aliphatic rings. The first-order valence-corrected chi connectivity index (χ1v) is 13.5. The number of aromatic amines is 1. The molecule has 0 saturated heterocycles. The zero-order chi connectivity index (χ0) is 27.6. The van der Waals surface area contributed by atoms with E-state index in [9.17, 15) is 4.79 Å². The van der Waals surface area contributed by atoms with Crippen molar-refractivity contribution < 1.29 is 0 Å². The van der Waals surface area contributed by atoms with Crippen molar-refractivity contribution in [2.24, 2.45) is 0 Å². The monoisotopic (exact) mass is 521 g/mol. The number of tetrazole rings is 1. The number of nitrogens with zero attached hydrogens (tertiary/aromatic N) is 6. The molecule has 8 heteroatoms. The smallest absolute Gasteiger partial charge is 0.292 e. The second-order valence-corrected chi connectivity index (χ2v) is 10.9. The number of hydrogen-bond acceptors (Lipinski definition) is 5. The molecule has 0 radical (unpaired) electrons. The van der Waals surface area contributed by atoms with Crippen LogP contribution in [0.25, 0.3) is 28.2 Å². The summed E-state index contributed by atoms with van der Waals surface area (Å²) in [7, 11) is 0. The van der Waals surface area contributed by atoms with Gasteiger partial charge in [-0.05, 0) is 57.0 Å². The summed E-state index contributed by atoms with van der Waals surface area (Å²) in [5.41, 5.74) is 8.22. The summed E-state index contributed by atoms with van der Waals surface area (Å²) in [6.45, 7) is 11.4. The predicted octanol–water partition coefficient (Wildman–Crippen LogP) is 5.74. The van der Waals surface area contributed by atoms with Crippen LogP contribution in [-0.4, -0.2) is 34.7 Å². The van der Waals surface area contributed by atoms with Crippen LogP contribution in [0.5, 0.6) is 0 Å². The van der Waals surface area contributed by atoms with E-state index in [-0.39, 0.29) is 11.1 Å². The van der Waals surface area contributed by atoms with Gasteiger partial charge in [0.25, 0.3) is 0 Å². The number of pyridine rings is 1. The minimum atomic E-state index is -0.0876. The van der Waals surface area contributed by atoms with Gasteiger partial charge in [-0.2, -0.15) is 0 Å². The highest BCUT2D eigenvalue weighted by Crippen LogP contribution is 2.32. The number of H-pyrrole nitrogens is 1. The Hall–Kier alpha value is -4.33. The number of nitrogens with one attached hydrogen (secondary N) is 1. The number of para-hydroxylation sites is 1. The first-order valence-electron chi connectivity index (χ1n) is 13.5. The van der Waals surface area contributed by atoms with Gasteiger partial charge in [0.2, 0.25) is 0 Å². The second-order valence-electron chi connectivity index (χ2n) is 10.9. The van der Waals surface area contributed by atoms with Crippen molar-refractivity contribution in [1.29, 1.82) is 0 Å². The minimum absolute atomic E-state index is 0.00120. The first-order chi connectivity index (χ1) is 18.8. The lowest BCUT2D eigenvalue weighted by molar-refractivity contribution is 0.583. The fourth-order valence-electron chi connectivity index (χ4n) is 5.15. The first kappa shape index (κ1) is 26.3. The van der Waals surface area contributed by atoms with Crippen LogP contribution < -0.4 is 5.69 Å². The molecule has 0 aliphatic heterocycles. The van der Waals surface area contributed by atoms with E-state index in [2.05, 4.69) is 109 Å². The molecule has 0 fully saturated rings. The standard InChI is InChI=1S/C31H35N7O/c1-6-9-24-20-38(28-22(7-2)10-8-11-27(28)31(3,4)5)30(39)37(24)19-21-12-14-23(15-13-21)26-18-32-17-16-25(26)29-33-35-36-34-29/h8,10-18,20H,6-7,9,19H2,1-5H3,(H,33,34,35,36). The molecule has 0 aliphatic carbocycles. The van der Waals surface area contributed by atoms with Gasteiger partial charge < -0.3 is 0 Å². The molecule has 0 saturated carbocycles. The number of aryl methyl sites for hydroxylation is 2. The van der Waals surface area contributed by atoms with E-state index < -0.39 is 0 Å². The number of aromatic nitrogens is 7. The van der Waals surface area contributed by atoms with Gasteiger partial charge in [-0.15, -0.1) is 5.10 Å². The summed E-state index contributed by atoms with van der Waals surface area (Å²) in [5, 5.41) is 14.3. The van der Waals surface area contributed by atoms with Gasteiger partial charge in [-0.25, -0.2) is 9.89 Å². The molecular weight excluding hydrogens is 486 g/mol. The molecule has 0 unspecified atom stereocenters. The number of imidazole rings is 1. The van der Waals surface area contributed by atoms with Gasteiger partial charge in [0.15, 0.2) is 5.82 Å². The van der Waals surface area contributed by atoms with Crippen LogP contribution in [0.2, 0.25) is 0 Å². The van der Waals surface area contributed by atoms with Gasteiger partial charge in [-0.3, -0.25) is 14.1 Å². The second kappa shape index (κ2) is 10.8. The summed E-state index contributed by atoms with van der Waals surface area (Å²) in [6, 6.07) is 16.6. The number of rotatable bonds is 8.